The Hall–Kier alpha value is -3.31. The van der Waals surface area contributed by atoms with Crippen LogP contribution in [0.1, 0.15) is 18.7 Å². The van der Waals surface area contributed by atoms with Crippen LogP contribution in [-0.2, 0) is 4.79 Å². The van der Waals surface area contributed by atoms with Gasteiger partial charge in [-0.3, -0.25) is 9.69 Å². The molecule has 0 bridgehead atoms. The third-order valence-corrected chi connectivity index (χ3v) is 5.38. The van der Waals surface area contributed by atoms with Gasteiger partial charge in [0.1, 0.15) is 0 Å². The molecule has 1 aliphatic rings. The summed E-state index contributed by atoms with van der Waals surface area (Å²) in [6, 6.07) is 25.6. The molecule has 30 heavy (non-hydrogen) atoms. The van der Waals surface area contributed by atoms with Crippen LogP contribution in [0.15, 0.2) is 84.0 Å². The Bertz CT molecular complexity index is 1080. The number of amidine groups is 1. The van der Waals surface area contributed by atoms with Crippen LogP contribution in [0.2, 0.25) is 5.02 Å². The van der Waals surface area contributed by atoms with E-state index in [4.69, 9.17) is 16.7 Å². The van der Waals surface area contributed by atoms with Gasteiger partial charge >= 0.3 is 0 Å². The predicted octanol–water partition coefficient (Wildman–Crippen LogP) is 5.33. The highest BCUT2D eigenvalue weighted by atomic mass is 35.5. The molecule has 0 spiro atoms. The van der Waals surface area contributed by atoms with Crippen molar-refractivity contribution in [1.82, 2.24) is 0 Å². The number of para-hydroxylation sites is 2. The third-order valence-electron chi connectivity index (χ3n) is 5.06. The molecule has 0 saturated carbocycles. The van der Waals surface area contributed by atoms with E-state index in [1.807, 2.05) is 78.6 Å². The maximum atomic E-state index is 12.6. The smallest absolute Gasteiger partial charge is 0.198 e. The summed E-state index contributed by atoms with van der Waals surface area (Å²) in [5.74, 6) is 0.233. The summed E-state index contributed by atoms with van der Waals surface area (Å²) in [7, 11) is 4.02. The van der Waals surface area contributed by atoms with Crippen LogP contribution in [0.4, 0.5) is 17.1 Å². The lowest BCUT2D eigenvalue weighted by atomic mass is 10.1. The summed E-state index contributed by atoms with van der Waals surface area (Å²) in [5.41, 5.74) is 3.74. The Kier molecular flexibility index (Phi) is 5.46. The maximum absolute atomic E-state index is 12.6. The minimum atomic E-state index is -0.345. The van der Waals surface area contributed by atoms with Crippen molar-refractivity contribution in [3.05, 3.63) is 89.4 Å². The normalized spacial score (nSPS) is 15.9. The monoisotopic (exact) mass is 418 g/mol. The molecule has 0 amide bonds. The van der Waals surface area contributed by atoms with Gasteiger partial charge in [-0.1, -0.05) is 54.1 Å². The number of hydrazone groups is 1. The molecule has 5 nitrogen and oxygen atoms in total. The van der Waals surface area contributed by atoms with Crippen molar-refractivity contribution in [2.45, 2.75) is 13.1 Å². The average Bonchev–Trinajstić information content (AvgIpc) is 3.15. The zero-order chi connectivity index (χ0) is 21.3. The molecule has 0 fully saturated rings. The number of halogens is 1. The molecule has 0 aromatic heterocycles. The number of hydrogen-bond acceptors (Lipinski definition) is 5. The van der Waals surface area contributed by atoms with Crippen molar-refractivity contribution >= 4 is 40.3 Å². The fourth-order valence-electron chi connectivity index (χ4n) is 3.58. The number of nitrogens with zero attached hydrogens (tertiary/aromatic N) is 4. The van der Waals surface area contributed by atoms with Gasteiger partial charge in [-0.05, 0) is 42.0 Å². The van der Waals surface area contributed by atoms with Crippen molar-refractivity contribution in [3.63, 3.8) is 0 Å². The molecule has 6 heteroatoms. The number of anilines is 3. The first-order valence-electron chi connectivity index (χ1n) is 9.72. The Morgan fingerprint density at radius 2 is 1.57 bits per heavy atom. The number of Topliss-reactive ketones (excluding diaryl/α,β-unsaturated/α-hetero) is 1. The molecule has 1 unspecified atom stereocenters. The Morgan fingerprint density at radius 1 is 0.933 bits per heavy atom. The van der Waals surface area contributed by atoms with Gasteiger partial charge in [-0.2, -0.15) is 0 Å². The van der Waals surface area contributed by atoms with Crippen LogP contribution in [0.3, 0.4) is 0 Å². The van der Waals surface area contributed by atoms with E-state index in [1.54, 1.807) is 0 Å². The summed E-state index contributed by atoms with van der Waals surface area (Å²) < 4.78 is 0. The Balaban J connectivity index is 1.89. The molecule has 4 rings (SSSR count). The number of rotatable bonds is 5. The van der Waals surface area contributed by atoms with E-state index in [9.17, 15) is 4.79 Å². The second kappa shape index (κ2) is 8.20. The van der Waals surface area contributed by atoms with Gasteiger partial charge in [-0.25, -0.2) is 5.01 Å². The van der Waals surface area contributed by atoms with Gasteiger partial charge in [0.25, 0.3) is 0 Å². The molecule has 1 aliphatic heterocycles. The maximum Gasteiger partial charge on any atom is 0.198 e. The van der Waals surface area contributed by atoms with E-state index in [0.717, 1.165) is 22.6 Å². The summed E-state index contributed by atoms with van der Waals surface area (Å²) in [5, 5.41) is 7.18. The lowest BCUT2D eigenvalue weighted by molar-refractivity contribution is -0.111. The second-order valence-electron chi connectivity index (χ2n) is 7.34. The summed E-state index contributed by atoms with van der Waals surface area (Å²) in [6.07, 6.45) is -0.345. The quantitative estimate of drug-likeness (QED) is 0.561. The SMILES string of the molecule is CC(=O)C1=NN(c2ccccc2)C(c2ccc(N(C)C)cc2)N1c1ccccc1Cl. The van der Waals surface area contributed by atoms with Crippen LogP contribution >= 0.6 is 11.6 Å². The van der Waals surface area contributed by atoms with Crippen molar-refractivity contribution in [3.8, 4) is 0 Å². The lowest BCUT2D eigenvalue weighted by Crippen LogP contribution is -2.38. The van der Waals surface area contributed by atoms with Crippen LogP contribution in [0.5, 0.6) is 0 Å². The van der Waals surface area contributed by atoms with E-state index in [1.165, 1.54) is 6.92 Å². The van der Waals surface area contributed by atoms with E-state index in [0.29, 0.717) is 10.9 Å². The fraction of sp³-hybridized carbons (Fsp3) is 0.167. The highest BCUT2D eigenvalue weighted by Gasteiger charge is 2.39. The highest BCUT2D eigenvalue weighted by molar-refractivity contribution is 6.45. The predicted molar refractivity (Wildman–Crippen MR) is 124 cm³/mol. The minimum absolute atomic E-state index is 0.122. The Morgan fingerprint density at radius 3 is 2.17 bits per heavy atom. The van der Waals surface area contributed by atoms with Crippen molar-refractivity contribution in [2.24, 2.45) is 5.10 Å². The van der Waals surface area contributed by atoms with Gasteiger partial charge < -0.3 is 4.90 Å². The molecular weight excluding hydrogens is 396 g/mol. The number of ketones is 1. The summed E-state index contributed by atoms with van der Waals surface area (Å²) >= 11 is 6.55. The first-order valence-corrected chi connectivity index (χ1v) is 10.1. The van der Waals surface area contributed by atoms with Crippen LogP contribution in [0, 0.1) is 0 Å². The van der Waals surface area contributed by atoms with E-state index in [2.05, 4.69) is 29.2 Å². The zero-order valence-corrected chi connectivity index (χ0v) is 17.9. The van der Waals surface area contributed by atoms with Crippen LogP contribution in [-0.4, -0.2) is 25.7 Å². The number of carbonyl (C=O) groups is 1. The average molecular weight is 419 g/mol. The van der Waals surface area contributed by atoms with E-state index >= 15 is 0 Å². The van der Waals surface area contributed by atoms with Crippen molar-refractivity contribution in [1.29, 1.82) is 0 Å². The van der Waals surface area contributed by atoms with Crippen LogP contribution < -0.4 is 14.8 Å². The summed E-state index contributed by atoms with van der Waals surface area (Å²) in [6.45, 7) is 1.53. The first-order chi connectivity index (χ1) is 14.5. The Labute approximate surface area is 181 Å². The lowest BCUT2D eigenvalue weighted by Gasteiger charge is -2.32. The highest BCUT2D eigenvalue weighted by Crippen LogP contribution is 2.41. The van der Waals surface area contributed by atoms with E-state index in [-0.39, 0.29) is 11.9 Å². The van der Waals surface area contributed by atoms with Gasteiger partial charge in [0.05, 0.1) is 16.4 Å². The van der Waals surface area contributed by atoms with Gasteiger partial charge in [0.2, 0.25) is 0 Å². The molecule has 0 radical (unpaired) electrons. The van der Waals surface area contributed by atoms with Crippen molar-refractivity contribution in [2.75, 3.05) is 28.9 Å². The molecule has 3 aromatic rings. The largest absolute Gasteiger partial charge is 0.378 e. The topological polar surface area (TPSA) is 39.2 Å². The zero-order valence-electron chi connectivity index (χ0n) is 17.2. The van der Waals surface area contributed by atoms with Gasteiger partial charge in [0.15, 0.2) is 17.8 Å². The molecule has 3 aromatic carbocycles. The number of benzene rings is 3. The van der Waals surface area contributed by atoms with Crippen LogP contribution in [0.25, 0.3) is 0 Å². The molecule has 152 valence electrons. The molecule has 1 heterocycles. The number of carbonyl (C=O) groups excluding carboxylic acids is 1. The molecular formula is C24H23ClN4O. The fourth-order valence-corrected chi connectivity index (χ4v) is 3.80. The molecule has 0 saturated heterocycles. The van der Waals surface area contributed by atoms with E-state index < -0.39 is 0 Å². The minimum Gasteiger partial charge on any atom is -0.378 e. The second-order valence-corrected chi connectivity index (χ2v) is 7.75. The molecule has 0 aliphatic carbocycles. The van der Waals surface area contributed by atoms with Crippen molar-refractivity contribution < 1.29 is 4.79 Å². The molecule has 0 N–H and O–H groups in total. The summed E-state index contributed by atoms with van der Waals surface area (Å²) in [4.78, 5) is 16.6. The molecule has 1 atom stereocenters. The first kappa shape index (κ1) is 20.0. The standard InChI is InChI=1S/C24H23ClN4O/c1-17(30)23-26-29(20-9-5-4-6-10-20)24(18-13-15-19(16-14-18)27(2)3)28(23)22-12-8-7-11-21(22)25/h4-16,24H,1-3H3. The van der Waals surface area contributed by atoms with Gasteiger partial charge in [-0.15, -0.1) is 5.10 Å². The third kappa shape index (κ3) is 3.64. The van der Waals surface area contributed by atoms with Gasteiger partial charge in [0, 0.05) is 26.7 Å². The number of hydrogen-bond donors (Lipinski definition) is 0.